The van der Waals surface area contributed by atoms with E-state index in [1.165, 1.54) is 56.1 Å². The molecule has 3 saturated carbocycles. The number of hydrogen-bond donors (Lipinski definition) is 0. The topological polar surface area (TPSA) is 27.7 Å². The first-order chi connectivity index (χ1) is 21.6. The van der Waals surface area contributed by atoms with Crippen molar-refractivity contribution in [3.8, 4) is 0 Å². The summed E-state index contributed by atoms with van der Waals surface area (Å²) in [7, 11) is -5.43. The third kappa shape index (κ3) is 10.4. The Morgan fingerprint density at radius 1 is 0.875 bits per heavy atom. The maximum atomic E-state index is 7.12. The molecule has 0 aromatic carbocycles. The van der Waals surface area contributed by atoms with Gasteiger partial charge in [-0.25, -0.2) is 0 Å². The molecule has 3 fully saturated rings. The van der Waals surface area contributed by atoms with E-state index in [0.717, 1.165) is 31.1 Å². The number of fused-ring (bicyclic) bond motifs is 1. The molecule has 3 rings (SSSR count). The molecule has 0 aliphatic heterocycles. The van der Waals surface area contributed by atoms with E-state index >= 15 is 0 Å². The number of hydrogen-bond acceptors (Lipinski definition) is 3. The molecule has 0 unspecified atom stereocenters. The van der Waals surface area contributed by atoms with Crippen LogP contribution in [0.1, 0.15) is 133 Å². The largest absolute Gasteiger partial charge is 0.413 e. The minimum absolute atomic E-state index is 0.00680. The van der Waals surface area contributed by atoms with Crippen LogP contribution in [0.25, 0.3) is 0 Å². The van der Waals surface area contributed by atoms with Crippen LogP contribution in [-0.4, -0.2) is 42.8 Å². The molecule has 0 spiro atoms. The Bertz CT molecular complexity index is 1180. The van der Waals surface area contributed by atoms with Gasteiger partial charge in [0.05, 0.1) is 17.8 Å². The lowest BCUT2D eigenvalue weighted by atomic mass is 9.60. The molecule has 0 N–H and O–H groups in total. The molecule has 3 nitrogen and oxygen atoms in total. The first-order valence-electron chi connectivity index (χ1n) is 19.7. The van der Waals surface area contributed by atoms with Gasteiger partial charge in [-0.3, -0.25) is 0 Å². The second-order valence-corrected chi connectivity index (χ2v) is 35.1. The Kier molecular flexibility index (Phi) is 13.2. The Morgan fingerprint density at radius 2 is 1.46 bits per heavy atom. The molecule has 6 heteroatoms. The van der Waals surface area contributed by atoms with E-state index in [1.54, 1.807) is 5.57 Å². The molecule has 0 heterocycles. The molecule has 278 valence electrons. The lowest BCUT2D eigenvalue weighted by molar-refractivity contribution is 0.0735. The van der Waals surface area contributed by atoms with Crippen molar-refractivity contribution in [1.82, 2.24) is 0 Å². The normalized spacial score (nSPS) is 30.6. The van der Waals surface area contributed by atoms with Crippen LogP contribution in [0.4, 0.5) is 0 Å². The highest BCUT2D eigenvalue weighted by molar-refractivity contribution is 6.74. The van der Waals surface area contributed by atoms with Crippen LogP contribution in [0.15, 0.2) is 35.5 Å². The minimum atomic E-state index is -1.97. The predicted octanol–water partition coefficient (Wildman–Crippen LogP) is 13.6. The molecule has 0 aromatic heterocycles. The predicted molar refractivity (Wildman–Crippen MR) is 218 cm³/mol. The quantitative estimate of drug-likeness (QED) is 0.188. The Labute approximate surface area is 302 Å². The standard InChI is InChI=1S/C42H80O3Si3/c1-31(21-19-27-41(9,10)45-46(12,13)14)36-25-26-37-33(22-20-28-42(36,37)11)23-24-34-29-35(43-47(15,16)39(3,4)5)30-38(32(34)2)44-48(17,18)40(6,7)8/h23-24,31,35-38H,2,19-22,25-30H2,1,3-18H3/t31-,35-,36-,37+,38+,42-/m1/s1. The van der Waals surface area contributed by atoms with Crippen molar-refractivity contribution in [3.63, 3.8) is 0 Å². The van der Waals surface area contributed by atoms with E-state index in [4.69, 9.17) is 19.9 Å². The van der Waals surface area contributed by atoms with Gasteiger partial charge in [-0.05, 0) is 149 Å². The second-order valence-electron chi connectivity index (χ2n) is 21.2. The van der Waals surface area contributed by atoms with Gasteiger partial charge in [0, 0.05) is 6.42 Å². The smallest absolute Gasteiger partial charge is 0.192 e. The van der Waals surface area contributed by atoms with Crippen molar-refractivity contribution in [2.75, 3.05) is 0 Å². The fourth-order valence-corrected chi connectivity index (χ4v) is 13.3. The first kappa shape index (κ1) is 42.2. The average molecular weight is 717 g/mol. The molecular weight excluding hydrogens is 637 g/mol. The van der Waals surface area contributed by atoms with E-state index < -0.39 is 25.0 Å². The van der Waals surface area contributed by atoms with Crippen LogP contribution in [0.2, 0.25) is 55.9 Å². The van der Waals surface area contributed by atoms with Crippen LogP contribution >= 0.6 is 0 Å². The molecule has 3 aliphatic rings. The molecule has 0 bridgehead atoms. The number of allylic oxidation sites excluding steroid dienone is 3. The lowest BCUT2D eigenvalue weighted by Crippen LogP contribution is -2.49. The highest BCUT2D eigenvalue weighted by atomic mass is 28.4. The van der Waals surface area contributed by atoms with E-state index in [1.807, 2.05) is 0 Å². The molecule has 3 aliphatic carbocycles. The molecular formula is C42H80O3Si3. The van der Waals surface area contributed by atoms with Crippen molar-refractivity contribution >= 4 is 25.0 Å². The van der Waals surface area contributed by atoms with E-state index in [9.17, 15) is 0 Å². The van der Waals surface area contributed by atoms with Gasteiger partial charge in [-0.1, -0.05) is 92.5 Å². The van der Waals surface area contributed by atoms with Crippen molar-refractivity contribution in [1.29, 1.82) is 0 Å². The summed E-state index contributed by atoms with van der Waals surface area (Å²) >= 11 is 0. The molecule has 48 heavy (non-hydrogen) atoms. The fourth-order valence-electron chi connectivity index (χ4n) is 8.91. The van der Waals surface area contributed by atoms with E-state index in [2.05, 4.69) is 127 Å². The van der Waals surface area contributed by atoms with Crippen molar-refractivity contribution in [2.24, 2.45) is 23.2 Å². The summed E-state index contributed by atoms with van der Waals surface area (Å²) in [5.74, 6) is 2.28. The Balaban J connectivity index is 1.81. The Morgan fingerprint density at radius 3 is 2.02 bits per heavy atom. The zero-order valence-corrected chi connectivity index (χ0v) is 38.0. The van der Waals surface area contributed by atoms with E-state index in [-0.39, 0.29) is 27.9 Å². The van der Waals surface area contributed by atoms with E-state index in [0.29, 0.717) is 11.3 Å². The zero-order chi connectivity index (χ0) is 36.7. The van der Waals surface area contributed by atoms with Gasteiger partial charge in [-0.2, -0.15) is 0 Å². The van der Waals surface area contributed by atoms with Crippen LogP contribution in [0, 0.1) is 23.2 Å². The maximum absolute atomic E-state index is 7.12. The minimum Gasteiger partial charge on any atom is -0.413 e. The lowest BCUT2D eigenvalue weighted by Gasteiger charge is -2.46. The van der Waals surface area contributed by atoms with Crippen molar-refractivity contribution < 1.29 is 13.3 Å². The van der Waals surface area contributed by atoms with Crippen LogP contribution < -0.4 is 0 Å². The molecule has 0 radical (unpaired) electrons. The van der Waals surface area contributed by atoms with Gasteiger partial charge >= 0.3 is 0 Å². The molecule has 0 amide bonds. The van der Waals surface area contributed by atoms with Gasteiger partial charge < -0.3 is 13.3 Å². The number of rotatable bonds is 12. The first-order valence-corrected chi connectivity index (χ1v) is 29.0. The van der Waals surface area contributed by atoms with Crippen LogP contribution in [-0.2, 0) is 13.3 Å². The van der Waals surface area contributed by atoms with Gasteiger partial charge in [0.2, 0.25) is 0 Å². The maximum Gasteiger partial charge on any atom is 0.192 e. The summed E-state index contributed by atoms with van der Waals surface area (Å²) in [6, 6.07) is 0. The summed E-state index contributed by atoms with van der Waals surface area (Å²) in [4.78, 5) is 0. The zero-order valence-electron chi connectivity index (χ0n) is 35.0. The third-order valence-electron chi connectivity index (χ3n) is 13.5. The van der Waals surface area contributed by atoms with Crippen LogP contribution in [0.3, 0.4) is 0 Å². The van der Waals surface area contributed by atoms with Crippen molar-refractivity contribution in [3.05, 3.63) is 35.5 Å². The fraction of sp³-hybridized carbons (Fsp3) is 0.857. The molecule has 0 saturated heterocycles. The van der Waals surface area contributed by atoms with Gasteiger partial charge in [0.25, 0.3) is 0 Å². The summed E-state index contributed by atoms with van der Waals surface area (Å²) in [5.41, 5.74) is 4.66. The van der Waals surface area contributed by atoms with Gasteiger partial charge in [0.1, 0.15) is 0 Å². The highest BCUT2D eigenvalue weighted by Gasteiger charge is 2.51. The summed E-state index contributed by atoms with van der Waals surface area (Å²) < 4.78 is 20.8. The van der Waals surface area contributed by atoms with Gasteiger partial charge in [-0.15, -0.1) is 0 Å². The van der Waals surface area contributed by atoms with Crippen LogP contribution in [0.5, 0.6) is 0 Å². The third-order valence-corrected chi connectivity index (χ3v) is 23.7. The summed E-state index contributed by atoms with van der Waals surface area (Å²) in [6.45, 7) is 45.1. The van der Waals surface area contributed by atoms with Gasteiger partial charge in [0.15, 0.2) is 25.0 Å². The molecule has 6 atom stereocenters. The van der Waals surface area contributed by atoms with Crippen molar-refractivity contribution in [2.45, 2.75) is 207 Å². The highest BCUT2D eigenvalue weighted by Crippen LogP contribution is 2.60. The SMILES string of the molecule is C=C1C(=CC=C2CCC[C@]3(C)[C@@H]([C@H](C)CCCC(C)(C)O[Si](C)(C)C)CC[C@@H]23)C[C@@H](O[Si](C)(C)C(C)(C)C)C[C@@H]1O[Si](C)(C)C(C)(C)C. The summed E-state index contributed by atoms with van der Waals surface area (Å²) in [6.07, 6.45) is 17.5. The summed E-state index contributed by atoms with van der Waals surface area (Å²) in [5, 5.41) is 0.344. The monoisotopic (exact) mass is 717 g/mol. The average Bonchev–Trinajstić information content (AvgIpc) is 3.24. The molecule has 0 aromatic rings. The Hall–Kier alpha value is -0.249. The second kappa shape index (κ2) is 15.0.